The number of carbonyl (C=O) groups excluding carboxylic acids is 1. The van der Waals surface area contributed by atoms with Gasteiger partial charge >= 0.3 is 11.9 Å². The number of nitriles is 2. The lowest BCUT2D eigenvalue weighted by atomic mass is 10.2. The topological polar surface area (TPSA) is 316 Å². The molecule has 0 aliphatic rings. The second-order valence-electron chi connectivity index (χ2n) is 21.7. The van der Waals surface area contributed by atoms with E-state index in [9.17, 15) is 42.1 Å². The quantitative estimate of drug-likeness (QED) is 0.00404. The van der Waals surface area contributed by atoms with Crippen LogP contribution in [0.3, 0.4) is 0 Å². The molecule has 0 saturated heterocycles. The number of carboxylic acid groups (broad SMARTS) is 1. The number of imidazole rings is 2. The number of benzene rings is 5. The van der Waals surface area contributed by atoms with Crippen LogP contribution in [0.2, 0.25) is 0 Å². The van der Waals surface area contributed by atoms with Gasteiger partial charge in [0.25, 0.3) is 0 Å². The highest BCUT2D eigenvalue weighted by Crippen LogP contribution is 2.32. The first-order valence-corrected chi connectivity index (χ1v) is 31.5. The Morgan fingerprint density at radius 1 is 0.619 bits per heavy atom. The van der Waals surface area contributed by atoms with E-state index in [1.807, 2.05) is 54.6 Å². The third-order valence-corrected chi connectivity index (χ3v) is 14.8. The van der Waals surface area contributed by atoms with Crippen LogP contribution in [0.25, 0.3) is 43.9 Å². The summed E-state index contributed by atoms with van der Waals surface area (Å²) >= 11 is 0. The Morgan fingerprint density at radius 3 is 1.49 bits per heavy atom. The number of carboxylic acids is 1. The number of hydrogen-bond donors (Lipinski definition) is 7. The van der Waals surface area contributed by atoms with Gasteiger partial charge in [0, 0.05) is 80.3 Å². The fourth-order valence-corrected chi connectivity index (χ4v) is 10.2. The van der Waals surface area contributed by atoms with E-state index in [0.29, 0.717) is 78.7 Å². The summed E-state index contributed by atoms with van der Waals surface area (Å²) < 4.78 is 89.8. The number of aryl methyl sites for hydroxylation is 4. The maximum atomic E-state index is 13.8. The van der Waals surface area contributed by atoms with Crippen LogP contribution < -0.4 is 37.5 Å². The molecule has 0 unspecified atom stereocenters. The van der Waals surface area contributed by atoms with E-state index in [0.717, 1.165) is 126 Å². The minimum atomic E-state index is -1.81. The molecule has 4 aromatic heterocycles. The summed E-state index contributed by atoms with van der Waals surface area (Å²) in [5.74, 6) is -6.58. The Labute approximate surface area is 561 Å². The van der Waals surface area contributed by atoms with E-state index in [2.05, 4.69) is 77.2 Å². The smallest absolute Gasteiger partial charge is 0.313 e. The van der Waals surface area contributed by atoms with E-state index in [1.165, 1.54) is 0 Å². The summed E-state index contributed by atoms with van der Waals surface area (Å²) in [7, 11) is -1.00. The molecule has 0 radical (unpaired) electrons. The van der Waals surface area contributed by atoms with Gasteiger partial charge in [0.05, 0.1) is 93.1 Å². The number of rotatable bonds is 31. The summed E-state index contributed by atoms with van der Waals surface area (Å²) in [5.41, 5.74) is 20.3. The predicted molar refractivity (Wildman–Crippen MR) is 369 cm³/mol. The molecule has 0 aliphatic heterocycles. The van der Waals surface area contributed by atoms with Crippen LogP contribution in [-0.4, -0.2) is 118 Å². The van der Waals surface area contributed by atoms with Crippen molar-refractivity contribution in [3.63, 3.8) is 0 Å². The SMILES string of the molecule is C.CCCCc1nc2c(N)nc3ccccc3c2n1CCCCN=C(NCCOCCC(=O)O)Nc1cccc(C#N)c1.CCCCc1nc2c(N)nc3ccccc3c2n1CCCCN=C(NCCOCCC(=O)Oc1c(F)c(F)cc(F)c1F)Nc1cccc(C#N)c1.[2H]CF. The lowest BCUT2D eigenvalue weighted by molar-refractivity contribution is -0.138. The van der Waals surface area contributed by atoms with Crippen LogP contribution in [0, 0.1) is 45.9 Å². The van der Waals surface area contributed by atoms with E-state index < -0.39 is 54.5 Å². The number of aromatic nitrogens is 6. The third-order valence-electron chi connectivity index (χ3n) is 14.8. The second-order valence-corrected chi connectivity index (χ2v) is 21.7. The maximum absolute atomic E-state index is 13.8. The van der Waals surface area contributed by atoms with E-state index in [1.54, 1.807) is 36.4 Å². The molecule has 22 nitrogen and oxygen atoms in total. The highest BCUT2D eigenvalue weighted by Gasteiger charge is 2.24. The monoisotopic (exact) mass is 1340 g/mol. The number of nitrogens with zero attached hydrogens (tertiary/aromatic N) is 10. The molecule has 514 valence electrons. The molecule has 27 heteroatoms. The van der Waals surface area contributed by atoms with Gasteiger partial charge in [-0.15, -0.1) is 0 Å². The average Bonchev–Trinajstić information content (AvgIpc) is 1.59. The van der Waals surface area contributed by atoms with Gasteiger partial charge in [-0.2, -0.15) is 19.3 Å². The van der Waals surface area contributed by atoms with Crippen molar-refractivity contribution in [3.8, 4) is 17.9 Å². The number of anilines is 4. The molecule has 0 amide bonds. The van der Waals surface area contributed by atoms with E-state index in [-0.39, 0.29) is 46.3 Å². The molecule has 0 atom stereocenters. The number of para-hydroxylation sites is 2. The summed E-state index contributed by atoms with van der Waals surface area (Å²) in [6.45, 7) is 7.97. The molecule has 9 aromatic rings. The minimum absolute atomic E-state index is 0. The van der Waals surface area contributed by atoms with Crippen molar-refractivity contribution in [2.24, 2.45) is 9.98 Å². The van der Waals surface area contributed by atoms with Gasteiger partial charge < -0.3 is 61.2 Å². The maximum Gasteiger partial charge on any atom is 0.313 e. The van der Waals surface area contributed by atoms with Gasteiger partial charge in [0.2, 0.25) is 17.4 Å². The Kier molecular flexibility index (Phi) is 30.0. The number of fused-ring (bicyclic) bond motifs is 6. The van der Waals surface area contributed by atoms with Gasteiger partial charge in [-0.3, -0.25) is 24.0 Å². The zero-order valence-corrected chi connectivity index (χ0v) is 53.6. The molecule has 9 rings (SSSR count). The molecule has 0 aliphatic carbocycles. The molecular formula is C70H83F5N16O6. The van der Waals surface area contributed by atoms with Crippen molar-refractivity contribution >= 4 is 90.7 Å². The van der Waals surface area contributed by atoms with Gasteiger partial charge in [-0.25, -0.2) is 28.7 Å². The second kappa shape index (κ2) is 39.4. The van der Waals surface area contributed by atoms with E-state index in [4.69, 9.17) is 47.4 Å². The van der Waals surface area contributed by atoms with Crippen LogP contribution in [-0.2, 0) is 45.0 Å². The molecule has 97 heavy (non-hydrogen) atoms. The van der Waals surface area contributed by atoms with Gasteiger partial charge in [-0.1, -0.05) is 82.6 Å². The van der Waals surface area contributed by atoms with Crippen molar-refractivity contribution in [1.29, 1.82) is 10.5 Å². The molecule has 0 saturated carbocycles. The first-order chi connectivity index (χ1) is 47.1. The fourth-order valence-electron chi connectivity index (χ4n) is 10.2. The average molecular weight is 1340 g/mol. The highest BCUT2D eigenvalue weighted by atomic mass is 19.2. The van der Waals surface area contributed by atoms with Crippen LogP contribution in [0.15, 0.2) is 113 Å². The molecule has 9 N–H and O–H groups in total. The summed E-state index contributed by atoms with van der Waals surface area (Å²) in [5, 5.41) is 42.2. The lowest BCUT2D eigenvalue weighted by Crippen LogP contribution is -2.34. The number of esters is 1. The number of aliphatic carboxylic acids is 1. The van der Waals surface area contributed by atoms with E-state index >= 15 is 0 Å². The highest BCUT2D eigenvalue weighted by molar-refractivity contribution is 6.07. The summed E-state index contributed by atoms with van der Waals surface area (Å²) in [6.07, 6.45) is 8.67. The number of halogens is 5. The zero-order valence-electron chi connectivity index (χ0n) is 54.6. The van der Waals surface area contributed by atoms with Crippen molar-refractivity contribution in [2.75, 3.05) is 81.9 Å². The summed E-state index contributed by atoms with van der Waals surface area (Å²) in [6, 6.07) is 34.3. The number of carbonyl (C=O) groups is 2. The zero-order chi connectivity index (χ0) is 69.5. The minimum Gasteiger partial charge on any atom is -0.481 e. The van der Waals surface area contributed by atoms with Crippen molar-refractivity contribution < 1.29 is 52.2 Å². The first-order valence-electron chi connectivity index (χ1n) is 32.3. The molecular weight excluding hydrogens is 1260 g/mol. The number of alkyl halides is 1. The Bertz CT molecular complexity index is 4230. The van der Waals surface area contributed by atoms with Gasteiger partial charge in [-0.05, 0) is 87.1 Å². The molecule has 0 spiro atoms. The largest absolute Gasteiger partial charge is 0.481 e. The van der Waals surface area contributed by atoms with Gasteiger partial charge in [0.1, 0.15) is 22.7 Å². The molecule has 5 aromatic carbocycles. The van der Waals surface area contributed by atoms with Crippen molar-refractivity contribution in [1.82, 2.24) is 39.7 Å². The number of guanidine groups is 2. The van der Waals surface area contributed by atoms with Crippen LogP contribution >= 0.6 is 0 Å². The Balaban J connectivity index is 0.000000300. The van der Waals surface area contributed by atoms with Crippen molar-refractivity contribution in [2.45, 2.75) is 111 Å². The number of unbranched alkanes of at least 4 members (excludes halogenated alkanes) is 4. The number of ether oxygens (including phenoxy) is 3. The number of aliphatic imine (C=N–C) groups is 2. The predicted octanol–water partition coefficient (Wildman–Crippen LogP) is 12.7. The number of nitrogen functional groups attached to an aromatic ring is 2. The first kappa shape index (κ1) is 73.9. The fraction of sp³-hybridized carbons (Fsp3) is 0.371. The van der Waals surface area contributed by atoms with Gasteiger partial charge in [0.15, 0.2) is 35.2 Å². The van der Waals surface area contributed by atoms with Crippen LogP contribution in [0.4, 0.5) is 45.0 Å². The number of pyridine rings is 2. The molecule has 0 bridgehead atoms. The normalized spacial score (nSPS) is 11.4. The standard InChI is InChI=1S/C37H38F4N8O3.C31H38N8O3.CH3F.CH4/c1-2-3-13-29-48-33-34(25-11-4-5-12-28(25)47-36(33)43)49(29)17-7-6-15-44-37(46-24-10-8-9-23(20-24)22-42)45-16-19-51-18-14-30(50)52-35-31(40)26(38)21-27(39)32(35)41;1-2-3-13-26-38-28-29(24-11-4-5-12-25(24)37-30(28)33)39(26)17-7-6-15-34-31(35-16-19-42-18-14-27(40)41)36-23-10-8-9-22(20-23)21-32;1-2;/h4-5,8-12,20-21H,2-3,6-7,13-19H2,1H3,(H2,43,47)(H2,44,45,46);4-5,8-12,20H,2-3,6-7,13-19H2,1H3,(H2,33,37)(H,40,41)(H2,34,35,36);1H3;1H4/i;;1D;. The third kappa shape index (κ3) is 21.8. The Hall–Kier alpha value is -10.5. The molecule has 0 fully saturated rings. The summed E-state index contributed by atoms with van der Waals surface area (Å²) in [4.78, 5) is 51.1. The Morgan fingerprint density at radius 2 is 1.06 bits per heavy atom. The number of hydrogen-bond acceptors (Lipinski definition) is 15. The van der Waals surface area contributed by atoms with Crippen LogP contribution in [0.1, 0.15) is 110 Å². The molecule has 4 heterocycles. The van der Waals surface area contributed by atoms with Crippen molar-refractivity contribution in [3.05, 3.63) is 149 Å². The number of nitrogens with one attached hydrogen (secondary N) is 4. The van der Waals surface area contributed by atoms with Crippen LogP contribution in [0.5, 0.6) is 5.75 Å². The lowest BCUT2D eigenvalue weighted by Gasteiger charge is -2.14. The number of nitrogens with two attached hydrogens (primary N) is 2.